The van der Waals surface area contributed by atoms with Gasteiger partial charge in [-0.3, -0.25) is 4.79 Å². The maximum Gasteiger partial charge on any atom is 0.317 e. The second-order valence-corrected chi connectivity index (χ2v) is 5.01. The average molecular weight is 269 g/mol. The third-order valence-corrected chi connectivity index (χ3v) is 2.64. The molecule has 0 radical (unpaired) electrons. The first-order valence-corrected chi connectivity index (χ1v) is 6.51. The van der Waals surface area contributed by atoms with Gasteiger partial charge in [0.05, 0.1) is 18.4 Å². The average Bonchev–Trinajstić information content (AvgIpc) is 2.33. The Morgan fingerprint density at radius 1 is 1.37 bits per heavy atom. The highest BCUT2D eigenvalue weighted by molar-refractivity contribution is 5.74. The number of amides is 2. The molecule has 0 aromatic rings. The Kier molecular flexibility index (Phi) is 8.34. The summed E-state index contributed by atoms with van der Waals surface area (Å²) in [6.45, 7) is 6.92. The minimum Gasteiger partial charge on any atom is -0.481 e. The van der Waals surface area contributed by atoms with Gasteiger partial charge in [-0.15, -0.1) is 0 Å². The predicted molar refractivity (Wildman–Crippen MR) is 71.5 cm³/mol. The van der Waals surface area contributed by atoms with Crippen molar-refractivity contribution in [2.45, 2.75) is 33.6 Å². The van der Waals surface area contributed by atoms with Gasteiger partial charge in [0, 0.05) is 19.6 Å². The van der Waals surface area contributed by atoms with Gasteiger partial charge in [0.25, 0.3) is 0 Å². The van der Waals surface area contributed by atoms with Gasteiger partial charge in [0.2, 0.25) is 0 Å². The summed E-state index contributed by atoms with van der Waals surface area (Å²) in [6.07, 6.45) is 0.695. The fraction of sp³-hybridized carbons (Fsp3) is 0.769. The van der Waals surface area contributed by atoms with E-state index in [1.807, 2.05) is 19.9 Å². The first kappa shape index (κ1) is 17.2. The molecule has 0 saturated heterocycles. The van der Waals surface area contributed by atoms with Crippen molar-refractivity contribution in [1.82, 2.24) is 10.2 Å². The van der Waals surface area contributed by atoms with Gasteiger partial charge in [-0.05, 0) is 12.3 Å². The number of nitrogens with zero attached hydrogens (tertiary/aromatic N) is 2. The van der Waals surface area contributed by atoms with Crippen LogP contribution in [-0.4, -0.2) is 41.6 Å². The summed E-state index contributed by atoms with van der Waals surface area (Å²) in [5.41, 5.74) is 0. The van der Waals surface area contributed by atoms with E-state index in [0.29, 0.717) is 38.4 Å². The fourth-order valence-corrected chi connectivity index (χ4v) is 1.53. The van der Waals surface area contributed by atoms with Gasteiger partial charge < -0.3 is 15.3 Å². The molecule has 0 aromatic carbocycles. The third-order valence-electron chi connectivity index (χ3n) is 2.64. The van der Waals surface area contributed by atoms with Crippen molar-refractivity contribution in [1.29, 1.82) is 5.26 Å². The van der Waals surface area contributed by atoms with E-state index >= 15 is 0 Å². The second-order valence-electron chi connectivity index (χ2n) is 5.01. The number of carbonyl (C=O) groups excluding carboxylic acids is 1. The molecule has 108 valence electrons. The monoisotopic (exact) mass is 269 g/mol. The van der Waals surface area contributed by atoms with Crippen molar-refractivity contribution in [3.63, 3.8) is 0 Å². The van der Waals surface area contributed by atoms with Gasteiger partial charge in [0.15, 0.2) is 0 Å². The van der Waals surface area contributed by atoms with E-state index in [1.165, 1.54) is 0 Å². The van der Waals surface area contributed by atoms with Crippen LogP contribution < -0.4 is 5.32 Å². The van der Waals surface area contributed by atoms with Crippen molar-refractivity contribution in [3.05, 3.63) is 0 Å². The number of nitriles is 1. The Morgan fingerprint density at radius 2 is 2.00 bits per heavy atom. The number of hydrogen-bond acceptors (Lipinski definition) is 3. The second kappa shape index (κ2) is 9.20. The summed E-state index contributed by atoms with van der Waals surface area (Å²) in [5, 5.41) is 20.0. The lowest BCUT2D eigenvalue weighted by atomic mass is 10.1. The molecule has 2 N–H and O–H groups in total. The van der Waals surface area contributed by atoms with Crippen LogP contribution in [0.5, 0.6) is 0 Å². The number of carboxylic acids is 1. The first-order valence-electron chi connectivity index (χ1n) is 6.51. The Balaban J connectivity index is 4.17. The molecule has 0 aliphatic heterocycles. The zero-order chi connectivity index (χ0) is 14.8. The molecule has 0 aromatic heterocycles. The number of carboxylic acid groups (broad SMARTS) is 1. The van der Waals surface area contributed by atoms with Crippen LogP contribution in [0.2, 0.25) is 0 Å². The van der Waals surface area contributed by atoms with E-state index in [1.54, 1.807) is 11.8 Å². The van der Waals surface area contributed by atoms with E-state index in [-0.39, 0.29) is 6.03 Å². The number of rotatable bonds is 8. The predicted octanol–water partition coefficient (Wildman–Crippen LogP) is 1.68. The van der Waals surface area contributed by atoms with Crippen LogP contribution in [0.1, 0.15) is 33.6 Å². The Morgan fingerprint density at radius 3 is 2.47 bits per heavy atom. The molecule has 0 heterocycles. The molecule has 19 heavy (non-hydrogen) atoms. The summed E-state index contributed by atoms with van der Waals surface area (Å²) < 4.78 is 0. The summed E-state index contributed by atoms with van der Waals surface area (Å²) in [7, 11) is 0. The molecule has 0 fully saturated rings. The molecule has 0 spiro atoms. The highest BCUT2D eigenvalue weighted by Gasteiger charge is 2.15. The van der Waals surface area contributed by atoms with Gasteiger partial charge in [-0.25, -0.2) is 4.79 Å². The van der Waals surface area contributed by atoms with Gasteiger partial charge in [0.1, 0.15) is 0 Å². The lowest BCUT2D eigenvalue weighted by molar-refractivity contribution is -0.141. The van der Waals surface area contributed by atoms with Crippen LogP contribution in [0.4, 0.5) is 4.79 Å². The van der Waals surface area contributed by atoms with Crippen molar-refractivity contribution >= 4 is 12.0 Å². The molecule has 6 heteroatoms. The van der Waals surface area contributed by atoms with E-state index in [2.05, 4.69) is 5.32 Å². The molecule has 1 atom stereocenters. The zero-order valence-electron chi connectivity index (χ0n) is 11.8. The molecule has 0 aliphatic carbocycles. The summed E-state index contributed by atoms with van der Waals surface area (Å²) in [4.78, 5) is 24.1. The Hall–Kier alpha value is -1.77. The highest BCUT2D eigenvalue weighted by atomic mass is 16.4. The number of nitrogens with one attached hydrogen (secondary N) is 1. The van der Waals surface area contributed by atoms with E-state index < -0.39 is 11.9 Å². The van der Waals surface area contributed by atoms with Crippen molar-refractivity contribution < 1.29 is 14.7 Å². The van der Waals surface area contributed by atoms with Crippen LogP contribution in [0.15, 0.2) is 0 Å². The summed E-state index contributed by atoms with van der Waals surface area (Å²) >= 11 is 0. The lowest BCUT2D eigenvalue weighted by Crippen LogP contribution is -2.43. The molecule has 1 unspecified atom stereocenters. The van der Waals surface area contributed by atoms with Crippen LogP contribution >= 0.6 is 0 Å². The van der Waals surface area contributed by atoms with Gasteiger partial charge in [-0.2, -0.15) is 5.26 Å². The number of urea groups is 1. The normalized spacial score (nSPS) is 11.7. The first-order chi connectivity index (χ1) is 8.88. The van der Waals surface area contributed by atoms with Crippen molar-refractivity contribution in [3.8, 4) is 6.07 Å². The quantitative estimate of drug-likeness (QED) is 0.701. The topological polar surface area (TPSA) is 93.4 Å². The Labute approximate surface area is 114 Å². The minimum atomic E-state index is -0.863. The Bertz CT molecular complexity index is 337. The van der Waals surface area contributed by atoms with Crippen LogP contribution in [0.3, 0.4) is 0 Å². The van der Waals surface area contributed by atoms with E-state index in [4.69, 9.17) is 10.4 Å². The minimum absolute atomic E-state index is 0.235. The molecule has 2 amide bonds. The lowest BCUT2D eigenvalue weighted by Gasteiger charge is -2.24. The van der Waals surface area contributed by atoms with E-state index in [0.717, 1.165) is 0 Å². The molecule has 0 rings (SSSR count). The molecule has 0 saturated carbocycles. The number of hydrogen-bond donors (Lipinski definition) is 2. The largest absolute Gasteiger partial charge is 0.481 e. The van der Waals surface area contributed by atoms with Crippen molar-refractivity contribution in [2.75, 3.05) is 19.6 Å². The zero-order valence-corrected chi connectivity index (χ0v) is 11.8. The summed E-state index contributed by atoms with van der Waals surface area (Å²) in [6, 6.07) is 1.78. The highest BCUT2D eigenvalue weighted by Crippen LogP contribution is 2.02. The molecular formula is C13H23N3O3. The maximum atomic E-state index is 11.9. The molecule has 6 nitrogen and oxygen atoms in total. The SMILES string of the molecule is CC(C)CN(CCC#N)C(=O)NCCC(C)C(=O)O. The van der Waals surface area contributed by atoms with E-state index in [9.17, 15) is 9.59 Å². The van der Waals surface area contributed by atoms with Crippen LogP contribution in [-0.2, 0) is 4.79 Å². The number of aliphatic carboxylic acids is 1. The number of carbonyl (C=O) groups is 2. The molecule has 0 aliphatic rings. The summed E-state index contributed by atoms with van der Waals surface area (Å²) in [5.74, 6) is -1.02. The fourth-order valence-electron chi connectivity index (χ4n) is 1.53. The standard InChI is InChI=1S/C13H23N3O3/c1-10(2)9-16(8-4-6-14)13(19)15-7-5-11(3)12(17)18/h10-11H,4-5,7-9H2,1-3H3,(H,15,19)(H,17,18). The van der Waals surface area contributed by atoms with Crippen LogP contribution in [0, 0.1) is 23.2 Å². The van der Waals surface area contributed by atoms with Crippen molar-refractivity contribution in [2.24, 2.45) is 11.8 Å². The maximum absolute atomic E-state index is 11.9. The molecular weight excluding hydrogens is 246 g/mol. The van der Waals surface area contributed by atoms with Gasteiger partial charge in [-0.1, -0.05) is 20.8 Å². The smallest absolute Gasteiger partial charge is 0.317 e. The molecule has 0 bridgehead atoms. The van der Waals surface area contributed by atoms with Gasteiger partial charge >= 0.3 is 12.0 Å². The third kappa shape index (κ3) is 8.03. The van der Waals surface area contributed by atoms with Crippen LogP contribution in [0.25, 0.3) is 0 Å².